The maximum absolute atomic E-state index is 11.7. The molecular formula is C25H34O5S. The first-order valence-electron chi connectivity index (χ1n) is 11.0. The van der Waals surface area contributed by atoms with Crippen LogP contribution in [0.4, 0.5) is 0 Å². The second kappa shape index (κ2) is 12.0. The van der Waals surface area contributed by atoms with E-state index >= 15 is 0 Å². The minimum Gasteiger partial charge on any atom is -0.507 e. The highest BCUT2D eigenvalue weighted by Crippen LogP contribution is 2.36. The Bertz CT molecular complexity index is 892. The predicted molar refractivity (Wildman–Crippen MR) is 126 cm³/mol. The normalized spacial score (nSPS) is 12.0. The van der Waals surface area contributed by atoms with Crippen LogP contribution in [-0.4, -0.2) is 33.5 Å². The highest BCUT2D eigenvalue weighted by molar-refractivity contribution is 7.99. The van der Waals surface area contributed by atoms with Gasteiger partial charge in [0, 0.05) is 27.3 Å². The minimum atomic E-state index is -0.732. The number of hydrogen-bond donors (Lipinski definition) is 3. The fraction of sp³-hybridized carbons (Fsp3) is 0.480. The van der Waals surface area contributed by atoms with E-state index in [1.807, 2.05) is 26.0 Å². The Morgan fingerprint density at radius 1 is 1.03 bits per heavy atom. The molecule has 170 valence electrons. The zero-order valence-corrected chi connectivity index (χ0v) is 19.7. The van der Waals surface area contributed by atoms with Crippen molar-refractivity contribution in [3.63, 3.8) is 0 Å². The van der Waals surface area contributed by atoms with Crippen molar-refractivity contribution in [2.45, 2.75) is 70.8 Å². The summed E-state index contributed by atoms with van der Waals surface area (Å²) in [6, 6.07) is 7.13. The van der Waals surface area contributed by atoms with Crippen LogP contribution in [0.5, 0.6) is 17.2 Å². The topological polar surface area (TPSA) is 87.0 Å². The molecule has 0 aliphatic heterocycles. The van der Waals surface area contributed by atoms with Gasteiger partial charge >= 0.3 is 0 Å². The van der Waals surface area contributed by atoms with Crippen molar-refractivity contribution in [3.8, 4) is 17.2 Å². The van der Waals surface area contributed by atoms with Crippen LogP contribution in [0.15, 0.2) is 29.2 Å². The molecule has 0 amide bonds. The zero-order valence-electron chi connectivity index (χ0n) is 18.9. The van der Waals surface area contributed by atoms with Crippen LogP contribution in [-0.2, 0) is 12.8 Å². The lowest BCUT2D eigenvalue weighted by Gasteiger charge is -2.17. The Hall–Kier alpha value is -2.18. The molecule has 0 saturated carbocycles. The molecule has 0 radical (unpaired) electrons. The number of hydrogen-bond acceptors (Lipinski definition) is 6. The third-order valence-corrected chi connectivity index (χ3v) is 6.33. The van der Waals surface area contributed by atoms with E-state index in [1.54, 1.807) is 30.8 Å². The standard InChI is InChI=1S/C25H34O5S/c1-5-8-20-22(12-10-18(16(3)26)24(20)28)30-14-7-15-31-23-13-11-19(17(4)27)25(29)21(23)9-6-2/h10-13,16,26,28-29H,5-9,14-15H2,1-4H3. The number of ether oxygens (including phenoxy) is 1. The number of aliphatic hydroxyl groups is 1. The third-order valence-electron chi connectivity index (χ3n) is 5.14. The molecule has 6 heteroatoms. The van der Waals surface area contributed by atoms with E-state index in [0.29, 0.717) is 29.9 Å². The van der Waals surface area contributed by atoms with Crippen molar-refractivity contribution >= 4 is 17.5 Å². The Kier molecular flexibility index (Phi) is 9.72. The summed E-state index contributed by atoms with van der Waals surface area (Å²) in [6.07, 6.45) is 3.21. The number of phenols is 2. The van der Waals surface area contributed by atoms with Gasteiger partial charge in [-0.05, 0) is 57.4 Å². The van der Waals surface area contributed by atoms with Gasteiger partial charge in [-0.2, -0.15) is 0 Å². The first-order valence-corrected chi connectivity index (χ1v) is 11.9. The maximum Gasteiger partial charge on any atom is 0.163 e. The largest absolute Gasteiger partial charge is 0.507 e. The van der Waals surface area contributed by atoms with Gasteiger partial charge in [0.1, 0.15) is 17.2 Å². The number of aromatic hydroxyl groups is 2. The lowest BCUT2D eigenvalue weighted by Crippen LogP contribution is -2.04. The molecule has 0 aliphatic carbocycles. The summed E-state index contributed by atoms with van der Waals surface area (Å²) in [7, 11) is 0. The molecule has 2 aromatic rings. The average molecular weight is 447 g/mol. The minimum absolute atomic E-state index is 0.105. The molecule has 0 heterocycles. The highest BCUT2D eigenvalue weighted by Gasteiger charge is 2.17. The fourth-order valence-corrected chi connectivity index (χ4v) is 4.57. The number of Topliss-reactive ketones (excluding diaryl/α,β-unsaturated/α-hetero) is 1. The number of rotatable bonds is 12. The molecule has 1 atom stereocenters. The molecule has 0 saturated heterocycles. The van der Waals surface area contributed by atoms with Crippen molar-refractivity contribution in [1.82, 2.24) is 0 Å². The van der Waals surface area contributed by atoms with Crippen LogP contribution in [0, 0.1) is 0 Å². The van der Waals surface area contributed by atoms with Crippen LogP contribution in [0.25, 0.3) is 0 Å². The van der Waals surface area contributed by atoms with Crippen molar-refractivity contribution in [3.05, 3.63) is 46.5 Å². The molecule has 2 rings (SSSR count). The van der Waals surface area contributed by atoms with E-state index in [-0.39, 0.29) is 17.3 Å². The lowest BCUT2D eigenvalue weighted by molar-refractivity contribution is 0.101. The van der Waals surface area contributed by atoms with Crippen LogP contribution >= 0.6 is 11.8 Å². The van der Waals surface area contributed by atoms with Crippen molar-refractivity contribution in [1.29, 1.82) is 0 Å². The van der Waals surface area contributed by atoms with Gasteiger partial charge in [0.25, 0.3) is 0 Å². The summed E-state index contributed by atoms with van der Waals surface area (Å²) in [4.78, 5) is 12.7. The van der Waals surface area contributed by atoms with Gasteiger partial charge in [0.15, 0.2) is 5.78 Å². The quantitative estimate of drug-likeness (QED) is 0.216. The number of aliphatic hydroxyl groups excluding tert-OH is 1. The van der Waals surface area contributed by atoms with E-state index < -0.39 is 6.10 Å². The Labute approximate surface area is 189 Å². The Morgan fingerprint density at radius 3 is 2.32 bits per heavy atom. The summed E-state index contributed by atoms with van der Waals surface area (Å²) in [5.41, 5.74) is 2.47. The van der Waals surface area contributed by atoms with Crippen LogP contribution in [0.3, 0.4) is 0 Å². The van der Waals surface area contributed by atoms with Gasteiger partial charge in [-0.15, -0.1) is 11.8 Å². The van der Waals surface area contributed by atoms with Gasteiger partial charge < -0.3 is 20.1 Å². The smallest absolute Gasteiger partial charge is 0.163 e. The molecule has 0 aliphatic rings. The lowest BCUT2D eigenvalue weighted by atomic mass is 10.0. The molecule has 0 bridgehead atoms. The molecule has 2 aromatic carbocycles. The average Bonchev–Trinajstić information content (AvgIpc) is 2.71. The molecule has 0 aromatic heterocycles. The summed E-state index contributed by atoms with van der Waals surface area (Å²) in [5.74, 6) is 1.55. The molecule has 0 spiro atoms. The van der Waals surface area contributed by atoms with E-state index in [0.717, 1.165) is 47.5 Å². The van der Waals surface area contributed by atoms with Gasteiger partial charge in [-0.25, -0.2) is 0 Å². The molecule has 3 N–H and O–H groups in total. The summed E-state index contributed by atoms with van der Waals surface area (Å²) in [5, 5.41) is 30.8. The first kappa shape index (κ1) is 25.1. The molecule has 5 nitrogen and oxygen atoms in total. The molecule has 1 unspecified atom stereocenters. The SMILES string of the molecule is CCCc1c(OCCCSc2ccc(C(C)=O)c(O)c2CCC)ccc(C(C)O)c1O. The van der Waals surface area contributed by atoms with Gasteiger partial charge in [-0.3, -0.25) is 4.79 Å². The summed E-state index contributed by atoms with van der Waals surface area (Å²) in [6.45, 7) is 7.69. The predicted octanol–water partition coefficient (Wildman–Crippen LogP) is 5.82. The van der Waals surface area contributed by atoms with Crippen molar-refractivity contribution in [2.24, 2.45) is 0 Å². The maximum atomic E-state index is 11.7. The van der Waals surface area contributed by atoms with Crippen molar-refractivity contribution < 1.29 is 24.9 Å². The number of carbonyl (C=O) groups excluding carboxylic acids is 1. The van der Waals surface area contributed by atoms with E-state index in [9.17, 15) is 20.1 Å². The van der Waals surface area contributed by atoms with E-state index in [2.05, 4.69) is 0 Å². The van der Waals surface area contributed by atoms with Gasteiger partial charge in [0.05, 0.1) is 18.3 Å². The van der Waals surface area contributed by atoms with Gasteiger partial charge in [0.2, 0.25) is 0 Å². The fourth-order valence-electron chi connectivity index (χ4n) is 3.55. The first-order chi connectivity index (χ1) is 14.8. The number of thioether (sulfide) groups is 1. The number of ketones is 1. The van der Waals surface area contributed by atoms with Crippen molar-refractivity contribution in [2.75, 3.05) is 12.4 Å². The molecule has 31 heavy (non-hydrogen) atoms. The third kappa shape index (κ3) is 6.40. The monoisotopic (exact) mass is 446 g/mol. The summed E-state index contributed by atoms with van der Waals surface area (Å²) >= 11 is 1.65. The van der Waals surface area contributed by atoms with Crippen LogP contribution < -0.4 is 4.74 Å². The highest BCUT2D eigenvalue weighted by atomic mass is 32.2. The summed E-state index contributed by atoms with van der Waals surface area (Å²) < 4.78 is 5.95. The van der Waals surface area contributed by atoms with Gasteiger partial charge in [-0.1, -0.05) is 26.7 Å². The number of benzene rings is 2. The number of phenolic OH excluding ortho intramolecular Hbond substituents is 2. The Morgan fingerprint density at radius 2 is 1.71 bits per heavy atom. The van der Waals surface area contributed by atoms with Crippen LogP contribution in [0.1, 0.15) is 80.1 Å². The van der Waals surface area contributed by atoms with E-state index in [4.69, 9.17) is 4.74 Å². The Balaban J connectivity index is 2.01. The van der Waals surface area contributed by atoms with E-state index in [1.165, 1.54) is 6.92 Å². The van der Waals surface area contributed by atoms with Crippen LogP contribution in [0.2, 0.25) is 0 Å². The second-order valence-electron chi connectivity index (χ2n) is 7.70. The number of carbonyl (C=O) groups is 1. The molecular weight excluding hydrogens is 412 g/mol. The molecule has 0 fully saturated rings. The zero-order chi connectivity index (χ0) is 23.0. The second-order valence-corrected chi connectivity index (χ2v) is 8.84.